The molecule has 1 aromatic carbocycles. The van der Waals surface area contributed by atoms with Gasteiger partial charge >= 0.3 is 6.03 Å². The first-order valence-electron chi connectivity index (χ1n) is 5.66. The summed E-state index contributed by atoms with van der Waals surface area (Å²) in [4.78, 5) is 12.1. The number of hydroxylamine groups is 2. The lowest BCUT2D eigenvalue weighted by Crippen LogP contribution is -2.39. The number of thioether (sulfide) groups is 1. The van der Waals surface area contributed by atoms with E-state index in [2.05, 4.69) is 12.1 Å². The number of nitrogens with two attached hydrogens (primary N) is 1. The van der Waals surface area contributed by atoms with E-state index in [1.165, 1.54) is 4.90 Å². The SMILES string of the molecule is NC(=O)N(O)[C@H]1CC[C@@H](Sc2ccccc2)C1. The molecule has 2 amide bonds. The van der Waals surface area contributed by atoms with Crippen LogP contribution in [-0.2, 0) is 0 Å². The highest BCUT2D eigenvalue weighted by atomic mass is 32.2. The van der Waals surface area contributed by atoms with Gasteiger partial charge in [-0.05, 0) is 31.4 Å². The summed E-state index contributed by atoms with van der Waals surface area (Å²) in [6.07, 6.45) is 2.59. The standard InChI is InChI=1S/C12H16N2O2S/c13-12(15)14(16)9-6-7-11(8-9)17-10-4-2-1-3-5-10/h1-5,9,11,16H,6-8H2,(H2,13,15)/t9-,11+/m0/s1. The fourth-order valence-electron chi connectivity index (χ4n) is 2.12. The van der Waals surface area contributed by atoms with Crippen LogP contribution < -0.4 is 5.73 Å². The molecule has 0 heterocycles. The first kappa shape index (κ1) is 12.3. The van der Waals surface area contributed by atoms with Crippen LogP contribution >= 0.6 is 11.8 Å². The fourth-order valence-corrected chi connectivity index (χ4v) is 3.39. The minimum atomic E-state index is -0.764. The maximum atomic E-state index is 10.8. The summed E-state index contributed by atoms with van der Waals surface area (Å²) in [6, 6.07) is 9.26. The molecular formula is C12H16N2O2S. The molecule has 17 heavy (non-hydrogen) atoms. The Morgan fingerprint density at radius 1 is 1.35 bits per heavy atom. The van der Waals surface area contributed by atoms with Crippen molar-refractivity contribution in [1.29, 1.82) is 0 Å². The Morgan fingerprint density at radius 3 is 2.71 bits per heavy atom. The molecule has 0 saturated heterocycles. The van der Waals surface area contributed by atoms with Crippen LogP contribution in [0.2, 0.25) is 0 Å². The van der Waals surface area contributed by atoms with E-state index in [0.717, 1.165) is 19.3 Å². The van der Waals surface area contributed by atoms with Crippen molar-refractivity contribution in [1.82, 2.24) is 5.06 Å². The highest BCUT2D eigenvalue weighted by molar-refractivity contribution is 8.00. The van der Waals surface area contributed by atoms with Gasteiger partial charge in [-0.2, -0.15) is 0 Å². The molecule has 0 aliphatic heterocycles. The van der Waals surface area contributed by atoms with Gasteiger partial charge in [0.25, 0.3) is 0 Å². The topological polar surface area (TPSA) is 66.6 Å². The molecule has 92 valence electrons. The zero-order chi connectivity index (χ0) is 12.3. The van der Waals surface area contributed by atoms with Gasteiger partial charge in [-0.1, -0.05) is 18.2 Å². The molecule has 1 aromatic rings. The molecular weight excluding hydrogens is 236 g/mol. The number of hydrogen-bond acceptors (Lipinski definition) is 3. The number of amides is 2. The monoisotopic (exact) mass is 252 g/mol. The Hall–Kier alpha value is -1.20. The molecule has 4 nitrogen and oxygen atoms in total. The molecule has 1 fully saturated rings. The second kappa shape index (κ2) is 5.42. The van der Waals surface area contributed by atoms with Crippen molar-refractivity contribution in [3.63, 3.8) is 0 Å². The van der Waals surface area contributed by atoms with Crippen LogP contribution in [0.25, 0.3) is 0 Å². The van der Waals surface area contributed by atoms with E-state index in [9.17, 15) is 10.0 Å². The largest absolute Gasteiger partial charge is 0.350 e. The summed E-state index contributed by atoms with van der Waals surface area (Å²) >= 11 is 1.79. The normalized spacial score (nSPS) is 23.6. The van der Waals surface area contributed by atoms with Gasteiger partial charge in [0.1, 0.15) is 0 Å². The maximum absolute atomic E-state index is 10.8. The predicted molar refractivity (Wildman–Crippen MR) is 66.9 cm³/mol. The molecule has 3 N–H and O–H groups in total. The summed E-state index contributed by atoms with van der Waals surface area (Å²) in [5.41, 5.74) is 5.04. The lowest BCUT2D eigenvalue weighted by Gasteiger charge is -2.19. The Bertz CT molecular complexity index is 385. The number of rotatable bonds is 3. The maximum Gasteiger partial charge on any atom is 0.338 e. The van der Waals surface area contributed by atoms with Crippen molar-refractivity contribution in [3.05, 3.63) is 30.3 Å². The number of urea groups is 1. The Labute approximate surface area is 105 Å². The van der Waals surface area contributed by atoms with E-state index >= 15 is 0 Å². The van der Waals surface area contributed by atoms with Crippen LogP contribution in [0.1, 0.15) is 19.3 Å². The molecule has 1 aliphatic rings. The smallest absolute Gasteiger partial charge is 0.338 e. The van der Waals surface area contributed by atoms with Crippen molar-refractivity contribution in [2.24, 2.45) is 5.73 Å². The zero-order valence-corrected chi connectivity index (χ0v) is 10.3. The quantitative estimate of drug-likeness (QED) is 0.641. The second-order valence-corrected chi connectivity index (χ2v) is 5.58. The summed E-state index contributed by atoms with van der Waals surface area (Å²) in [6.45, 7) is 0. The Balaban J connectivity index is 1.88. The van der Waals surface area contributed by atoms with Gasteiger partial charge in [0.15, 0.2) is 0 Å². The highest BCUT2D eigenvalue weighted by Crippen LogP contribution is 2.36. The van der Waals surface area contributed by atoms with E-state index < -0.39 is 6.03 Å². The Kier molecular flexibility index (Phi) is 3.91. The van der Waals surface area contributed by atoms with E-state index in [1.54, 1.807) is 11.8 Å². The molecule has 0 spiro atoms. The van der Waals surface area contributed by atoms with Crippen molar-refractivity contribution < 1.29 is 10.0 Å². The summed E-state index contributed by atoms with van der Waals surface area (Å²) in [5, 5.41) is 10.6. The van der Waals surface area contributed by atoms with Crippen molar-refractivity contribution in [2.45, 2.75) is 35.4 Å². The first-order chi connectivity index (χ1) is 8.16. The number of carbonyl (C=O) groups is 1. The van der Waals surface area contributed by atoms with Crippen LogP contribution in [0.4, 0.5) is 4.79 Å². The molecule has 0 bridgehead atoms. The minimum Gasteiger partial charge on any atom is -0.350 e. The van der Waals surface area contributed by atoms with Gasteiger partial charge in [-0.15, -0.1) is 11.8 Å². The highest BCUT2D eigenvalue weighted by Gasteiger charge is 2.31. The second-order valence-electron chi connectivity index (χ2n) is 4.20. The molecule has 0 unspecified atom stereocenters. The van der Waals surface area contributed by atoms with Crippen molar-refractivity contribution in [3.8, 4) is 0 Å². The van der Waals surface area contributed by atoms with Crippen molar-refractivity contribution in [2.75, 3.05) is 0 Å². The third-order valence-electron chi connectivity index (χ3n) is 2.97. The van der Waals surface area contributed by atoms with Gasteiger partial charge in [-0.25, -0.2) is 9.86 Å². The first-order valence-corrected chi connectivity index (χ1v) is 6.54. The summed E-state index contributed by atoms with van der Waals surface area (Å²) in [5.74, 6) is 0. The average molecular weight is 252 g/mol. The number of benzene rings is 1. The van der Waals surface area contributed by atoms with Gasteiger partial charge in [-0.3, -0.25) is 5.21 Å². The van der Waals surface area contributed by atoms with Crippen LogP contribution in [-0.4, -0.2) is 27.6 Å². The van der Waals surface area contributed by atoms with Crippen LogP contribution in [0, 0.1) is 0 Å². The molecule has 1 aliphatic carbocycles. The lowest BCUT2D eigenvalue weighted by molar-refractivity contribution is -0.0725. The minimum absolute atomic E-state index is 0.131. The van der Waals surface area contributed by atoms with E-state index in [-0.39, 0.29) is 6.04 Å². The predicted octanol–water partition coefficient (Wildman–Crippen LogP) is 2.47. The van der Waals surface area contributed by atoms with Gasteiger partial charge in [0, 0.05) is 10.1 Å². The molecule has 1 saturated carbocycles. The molecule has 2 atom stereocenters. The summed E-state index contributed by atoms with van der Waals surface area (Å²) < 4.78 is 0. The van der Waals surface area contributed by atoms with Crippen LogP contribution in [0.15, 0.2) is 35.2 Å². The molecule has 0 aromatic heterocycles. The zero-order valence-electron chi connectivity index (χ0n) is 9.45. The molecule has 2 rings (SSSR count). The van der Waals surface area contributed by atoms with Crippen molar-refractivity contribution >= 4 is 17.8 Å². The molecule has 0 radical (unpaired) electrons. The average Bonchev–Trinajstić information content (AvgIpc) is 2.77. The van der Waals surface area contributed by atoms with E-state index in [4.69, 9.17) is 5.73 Å². The fraction of sp³-hybridized carbons (Fsp3) is 0.417. The third kappa shape index (κ3) is 3.14. The number of primary amides is 1. The Morgan fingerprint density at radius 2 is 2.06 bits per heavy atom. The van der Waals surface area contributed by atoms with Gasteiger partial charge < -0.3 is 5.73 Å². The van der Waals surface area contributed by atoms with Crippen LogP contribution in [0.5, 0.6) is 0 Å². The van der Waals surface area contributed by atoms with E-state index in [0.29, 0.717) is 10.3 Å². The third-order valence-corrected chi connectivity index (χ3v) is 4.28. The van der Waals surface area contributed by atoms with Gasteiger partial charge in [0.05, 0.1) is 6.04 Å². The van der Waals surface area contributed by atoms with E-state index in [1.807, 2.05) is 18.2 Å². The number of carbonyl (C=O) groups excluding carboxylic acids is 1. The van der Waals surface area contributed by atoms with Crippen LogP contribution in [0.3, 0.4) is 0 Å². The number of hydrogen-bond donors (Lipinski definition) is 2. The van der Waals surface area contributed by atoms with Gasteiger partial charge in [0.2, 0.25) is 0 Å². The summed E-state index contributed by atoms with van der Waals surface area (Å²) in [7, 11) is 0. The number of nitrogens with zero attached hydrogens (tertiary/aromatic N) is 1. The lowest BCUT2D eigenvalue weighted by atomic mass is 10.2. The molecule has 5 heteroatoms.